The number of anilines is 1. The first-order valence-electron chi connectivity index (χ1n) is 9.39. The number of aromatic nitrogens is 3. The average Bonchev–Trinajstić information content (AvgIpc) is 3.43. The Morgan fingerprint density at radius 3 is 2.47 bits per heavy atom. The predicted molar refractivity (Wildman–Crippen MR) is 103 cm³/mol. The Hall–Kier alpha value is -3.19. The molecule has 1 aliphatic rings. The molecule has 0 bridgehead atoms. The molecule has 0 atom stereocenters. The van der Waals surface area contributed by atoms with Gasteiger partial charge in [0, 0.05) is 6.20 Å². The smallest absolute Gasteiger partial charge is 0.417 e. The summed E-state index contributed by atoms with van der Waals surface area (Å²) >= 11 is 0. The number of hydrogen-bond acceptors (Lipinski definition) is 9. The Morgan fingerprint density at radius 1 is 1.12 bits per heavy atom. The number of rotatable bonds is 8. The van der Waals surface area contributed by atoms with Crippen LogP contribution < -0.4 is 10.5 Å². The summed E-state index contributed by atoms with van der Waals surface area (Å²) in [6, 6.07) is 4.94. The van der Waals surface area contributed by atoms with Crippen molar-refractivity contribution < 1.29 is 35.5 Å². The summed E-state index contributed by atoms with van der Waals surface area (Å²) in [5.41, 5.74) is 6.01. The third-order valence-corrected chi connectivity index (χ3v) is 6.25. The van der Waals surface area contributed by atoms with Crippen molar-refractivity contribution in [2.24, 2.45) is 5.92 Å². The topological polar surface area (TPSA) is 130 Å². The number of nitrogens with two attached hydrogens (primary N) is 1. The molecular weight excluding hydrogens is 453 g/mol. The highest BCUT2D eigenvalue weighted by Crippen LogP contribution is 2.31. The van der Waals surface area contributed by atoms with Crippen molar-refractivity contribution in [3.8, 4) is 17.3 Å². The molecular formula is C19H17F3N4O5S. The van der Waals surface area contributed by atoms with E-state index in [-0.39, 0.29) is 39.6 Å². The molecule has 0 saturated heterocycles. The second-order valence-corrected chi connectivity index (χ2v) is 9.04. The van der Waals surface area contributed by atoms with Gasteiger partial charge in [-0.1, -0.05) is 0 Å². The summed E-state index contributed by atoms with van der Waals surface area (Å²) < 4.78 is 77.1. The van der Waals surface area contributed by atoms with Crippen molar-refractivity contribution in [2.75, 3.05) is 12.3 Å². The molecule has 32 heavy (non-hydrogen) atoms. The summed E-state index contributed by atoms with van der Waals surface area (Å²) in [4.78, 5) is 3.51. The van der Waals surface area contributed by atoms with E-state index in [2.05, 4.69) is 19.9 Å². The number of alkyl halides is 3. The second-order valence-electron chi connectivity index (χ2n) is 7.09. The first-order valence-corrected chi connectivity index (χ1v) is 10.9. The lowest BCUT2D eigenvalue weighted by Gasteiger charge is -2.10. The molecule has 13 heteroatoms. The third-order valence-electron chi connectivity index (χ3n) is 4.52. The Kier molecular flexibility index (Phi) is 5.77. The van der Waals surface area contributed by atoms with Crippen molar-refractivity contribution in [2.45, 2.75) is 35.6 Å². The number of nitrogens with zero attached hydrogens (tertiary/aromatic N) is 3. The van der Waals surface area contributed by atoms with E-state index in [0.29, 0.717) is 12.5 Å². The van der Waals surface area contributed by atoms with Gasteiger partial charge in [0.05, 0.1) is 22.1 Å². The fraction of sp³-hybridized carbons (Fsp3) is 0.316. The zero-order valence-corrected chi connectivity index (χ0v) is 17.2. The molecule has 2 N–H and O–H groups in total. The van der Waals surface area contributed by atoms with Crippen molar-refractivity contribution in [3.63, 3.8) is 0 Å². The van der Waals surface area contributed by atoms with Crippen LogP contribution >= 0.6 is 0 Å². The zero-order valence-electron chi connectivity index (χ0n) is 16.4. The highest BCUT2D eigenvalue weighted by molar-refractivity contribution is 7.91. The van der Waals surface area contributed by atoms with Crippen LogP contribution in [-0.4, -0.2) is 36.6 Å². The van der Waals surface area contributed by atoms with E-state index in [1.807, 2.05) is 0 Å². The normalized spacial score (nSPS) is 14.5. The molecule has 1 aromatic carbocycles. The molecule has 0 radical (unpaired) electrons. The van der Waals surface area contributed by atoms with Gasteiger partial charge in [-0.25, -0.2) is 13.4 Å². The quantitative estimate of drug-likeness (QED) is 0.526. The summed E-state index contributed by atoms with van der Waals surface area (Å²) in [6.07, 6.45) is -1.53. The van der Waals surface area contributed by atoms with Gasteiger partial charge in [0.15, 0.2) is 5.69 Å². The van der Waals surface area contributed by atoms with E-state index >= 15 is 0 Å². The van der Waals surface area contributed by atoms with Gasteiger partial charge in [-0.05, 0) is 49.1 Å². The SMILES string of the molecule is Nc1cc(S(=O)(=O)c2ccc(OC(F)(F)F)cc2)cnc1-c1nnc(COCC2CC2)o1. The van der Waals surface area contributed by atoms with Crippen LogP contribution in [0.2, 0.25) is 0 Å². The van der Waals surface area contributed by atoms with Gasteiger partial charge < -0.3 is 19.6 Å². The standard InChI is InChI=1S/C19H17F3N4O5S/c20-19(21,22)31-12-3-5-13(6-4-12)32(27,28)14-7-15(23)17(24-8-14)18-26-25-16(30-18)10-29-9-11-1-2-11/h3-8,11H,1-2,9-10,23H2. The van der Waals surface area contributed by atoms with Gasteiger partial charge in [0.2, 0.25) is 15.7 Å². The number of sulfone groups is 1. The van der Waals surface area contributed by atoms with Gasteiger partial charge in [-0.15, -0.1) is 23.4 Å². The predicted octanol–water partition coefficient (Wildman–Crippen LogP) is 3.37. The Balaban J connectivity index is 1.50. The van der Waals surface area contributed by atoms with Crippen LogP contribution in [0.15, 0.2) is 50.7 Å². The molecule has 3 aromatic rings. The van der Waals surface area contributed by atoms with Gasteiger partial charge in [-0.2, -0.15) is 0 Å². The van der Waals surface area contributed by atoms with Crippen LogP contribution in [0.25, 0.3) is 11.6 Å². The molecule has 2 heterocycles. The lowest BCUT2D eigenvalue weighted by Crippen LogP contribution is -2.17. The Bertz CT molecular complexity index is 1210. The van der Waals surface area contributed by atoms with Crippen LogP contribution in [0.5, 0.6) is 5.75 Å². The molecule has 2 aromatic heterocycles. The highest BCUT2D eigenvalue weighted by Gasteiger charge is 2.31. The van der Waals surface area contributed by atoms with Gasteiger partial charge in [0.1, 0.15) is 12.4 Å². The molecule has 170 valence electrons. The minimum atomic E-state index is -4.88. The first kappa shape index (κ1) is 22.0. The second kappa shape index (κ2) is 8.39. The van der Waals surface area contributed by atoms with Gasteiger partial charge in [-0.3, -0.25) is 0 Å². The fourth-order valence-corrected chi connectivity index (χ4v) is 3.99. The molecule has 9 nitrogen and oxygen atoms in total. The van der Waals surface area contributed by atoms with E-state index in [0.717, 1.165) is 49.4 Å². The summed E-state index contributed by atoms with van der Waals surface area (Å²) in [6.45, 7) is 0.762. The molecule has 0 spiro atoms. The summed E-state index contributed by atoms with van der Waals surface area (Å²) in [5.74, 6) is 0.278. The molecule has 1 saturated carbocycles. The van der Waals surface area contributed by atoms with E-state index in [1.54, 1.807) is 0 Å². The van der Waals surface area contributed by atoms with Crippen molar-refractivity contribution in [3.05, 3.63) is 42.4 Å². The first-order chi connectivity index (χ1) is 15.1. The van der Waals surface area contributed by atoms with Crippen molar-refractivity contribution in [1.29, 1.82) is 0 Å². The number of ether oxygens (including phenoxy) is 2. The number of benzene rings is 1. The van der Waals surface area contributed by atoms with Gasteiger partial charge in [0.25, 0.3) is 5.89 Å². The lowest BCUT2D eigenvalue weighted by atomic mass is 10.3. The number of nitrogen functional groups attached to an aromatic ring is 1. The maximum absolute atomic E-state index is 12.8. The molecule has 1 aliphatic carbocycles. The van der Waals surface area contributed by atoms with Crippen LogP contribution in [0, 0.1) is 5.92 Å². The Labute approximate surface area is 180 Å². The van der Waals surface area contributed by atoms with E-state index in [1.165, 1.54) is 0 Å². The summed E-state index contributed by atoms with van der Waals surface area (Å²) in [5, 5.41) is 7.71. The number of hydrogen-bond donors (Lipinski definition) is 1. The highest BCUT2D eigenvalue weighted by atomic mass is 32.2. The molecule has 1 fully saturated rings. The maximum atomic E-state index is 12.8. The van der Waals surface area contributed by atoms with Crippen molar-refractivity contribution >= 4 is 15.5 Å². The summed E-state index contributed by atoms with van der Waals surface area (Å²) in [7, 11) is -4.10. The van der Waals surface area contributed by atoms with Crippen LogP contribution in [0.4, 0.5) is 18.9 Å². The van der Waals surface area contributed by atoms with Crippen LogP contribution in [-0.2, 0) is 21.2 Å². The largest absolute Gasteiger partial charge is 0.573 e. The molecule has 4 rings (SSSR count). The Morgan fingerprint density at radius 2 is 1.84 bits per heavy atom. The minimum absolute atomic E-state index is 0.00474. The monoisotopic (exact) mass is 470 g/mol. The molecule has 0 unspecified atom stereocenters. The lowest BCUT2D eigenvalue weighted by molar-refractivity contribution is -0.274. The van der Waals surface area contributed by atoms with E-state index in [9.17, 15) is 21.6 Å². The van der Waals surface area contributed by atoms with Crippen LogP contribution in [0.3, 0.4) is 0 Å². The van der Waals surface area contributed by atoms with Gasteiger partial charge >= 0.3 is 6.36 Å². The average molecular weight is 470 g/mol. The number of halogens is 3. The molecule has 0 amide bonds. The van der Waals surface area contributed by atoms with Crippen LogP contribution in [0.1, 0.15) is 18.7 Å². The van der Waals surface area contributed by atoms with E-state index < -0.39 is 21.9 Å². The maximum Gasteiger partial charge on any atom is 0.573 e. The van der Waals surface area contributed by atoms with Crippen molar-refractivity contribution in [1.82, 2.24) is 15.2 Å². The third kappa shape index (κ3) is 5.16. The zero-order chi connectivity index (χ0) is 22.9. The fourth-order valence-electron chi connectivity index (χ4n) is 2.75. The number of pyridine rings is 1. The van der Waals surface area contributed by atoms with E-state index in [4.69, 9.17) is 14.9 Å². The molecule has 0 aliphatic heterocycles. The minimum Gasteiger partial charge on any atom is -0.417 e.